The summed E-state index contributed by atoms with van der Waals surface area (Å²) < 4.78 is 12.6. The lowest BCUT2D eigenvalue weighted by Crippen LogP contribution is -2.05. The molecular weight excluding hydrogens is 288 g/mol. The predicted octanol–water partition coefficient (Wildman–Crippen LogP) is 2.40. The van der Waals surface area contributed by atoms with Gasteiger partial charge < -0.3 is 9.47 Å². The highest BCUT2D eigenvalue weighted by Crippen LogP contribution is 2.17. The van der Waals surface area contributed by atoms with Crippen molar-refractivity contribution in [2.75, 3.05) is 19.5 Å². The van der Waals surface area contributed by atoms with E-state index in [0.29, 0.717) is 6.61 Å². The van der Waals surface area contributed by atoms with Crippen molar-refractivity contribution in [1.29, 1.82) is 0 Å². The first-order chi connectivity index (χ1) is 10.3. The Kier molecular flexibility index (Phi) is 6.33. The van der Waals surface area contributed by atoms with E-state index in [4.69, 9.17) is 9.47 Å². The van der Waals surface area contributed by atoms with Crippen LogP contribution >= 0.6 is 11.8 Å². The van der Waals surface area contributed by atoms with Gasteiger partial charge in [-0.1, -0.05) is 6.92 Å². The third-order valence-electron chi connectivity index (χ3n) is 2.83. The van der Waals surface area contributed by atoms with Crippen LogP contribution in [0.5, 0.6) is 11.5 Å². The van der Waals surface area contributed by atoms with Gasteiger partial charge >= 0.3 is 0 Å². The maximum absolute atomic E-state index is 5.67. The Bertz CT molecular complexity index is 530. The highest BCUT2D eigenvalue weighted by molar-refractivity contribution is 7.98. The van der Waals surface area contributed by atoms with Crippen LogP contribution < -0.4 is 9.47 Å². The molecule has 1 aromatic heterocycles. The minimum atomic E-state index is 0.659. The molecule has 0 spiro atoms. The molecule has 0 unspecified atom stereocenters. The Morgan fingerprint density at radius 2 is 1.95 bits per heavy atom. The Balaban J connectivity index is 1.66. The van der Waals surface area contributed by atoms with E-state index in [9.17, 15) is 0 Å². The molecule has 2 aromatic rings. The zero-order chi connectivity index (χ0) is 14.9. The van der Waals surface area contributed by atoms with Crippen molar-refractivity contribution in [3.8, 4) is 11.5 Å². The van der Waals surface area contributed by atoms with Gasteiger partial charge in [-0.05, 0) is 41.1 Å². The zero-order valence-electron chi connectivity index (χ0n) is 12.4. The third kappa shape index (κ3) is 4.93. The molecule has 2 rings (SSSR count). The number of aryl methyl sites for hydroxylation is 1. The van der Waals surface area contributed by atoms with Gasteiger partial charge in [-0.25, -0.2) is 4.68 Å². The molecule has 0 aliphatic heterocycles. The van der Waals surface area contributed by atoms with E-state index in [1.807, 2.05) is 28.9 Å². The first-order valence-corrected chi connectivity index (χ1v) is 8.08. The molecule has 7 heteroatoms. The maximum atomic E-state index is 5.67. The minimum absolute atomic E-state index is 0.659. The second-order valence-corrected chi connectivity index (χ2v) is 5.50. The van der Waals surface area contributed by atoms with Gasteiger partial charge in [0.2, 0.25) is 0 Å². The minimum Gasteiger partial charge on any atom is -0.497 e. The fraction of sp³-hybridized carbons (Fsp3) is 0.500. The Morgan fingerprint density at radius 3 is 2.67 bits per heavy atom. The van der Waals surface area contributed by atoms with Crippen molar-refractivity contribution in [2.24, 2.45) is 0 Å². The van der Waals surface area contributed by atoms with Crippen molar-refractivity contribution in [1.82, 2.24) is 20.2 Å². The van der Waals surface area contributed by atoms with Crippen LogP contribution in [0, 0.1) is 0 Å². The lowest BCUT2D eigenvalue weighted by molar-refractivity contribution is 0.342. The van der Waals surface area contributed by atoms with Crippen molar-refractivity contribution in [3.63, 3.8) is 0 Å². The maximum Gasteiger partial charge on any atom is 0.161 e. The molecular formula is C14H20N4O2S. The third-order valence-corrected chi connectivity index (χ3v) is 3.75. The highest BCUT2D eigenvalue weighted by atomic mass is 32.2. The summed E-state index contributed by atoms with van der Waals surface area (Å²) in [6, 6.07) is 7.60. The van der Waals surface area contributed by atoms with E-state index in [0.717, 1.165) is 41.8 Å². The molecule has 1 heterocycles. The summed E-state index contributed by atoms with van der Waals surface area (Å²) in [5.74, 6) is 4.31. The lowest BCUT2D eigenvalue weighted by Gasteiger charge is -2.07. The Morgan fingerprint density at radius 1 is 1.19 bits per heavy atom. The Labute approximate surface area is 128 Å². The number of thioether (sulfide) groups is 1. The normalized spacial score (nSPS) is 10.6. The summed E-state index contributed by atoms with van der Waals surface area (Å²) in [6.07, 6.45) is 1.03. The molecule has 1 aromatic carbocycles. The fourth-order valence-electron chi connectivity index (χ4n) is 1.77. The van der Waals surface area contributed by atoms with E-state index >= 15 is 0 Å². The SMILES string of the molecule is CCCn1nnnc1CSCCOc1ccc(OC)cc1. The average Bonchev–Trinajstić information content (AvgIpc) is 2.95. The van der Waals surface area contributed by atoms with Crippen LogP contribution in [0.4, 0.5) is 0 Å². The van der Waals surface area contributed by atoms with Crippen LogP contribution in [-0.2, 0) is 12.3 Å². The van der Waals surface area contributed by atoms with Gasteiger partial charge in [0.15, 0.2) is 5.82 Å². The van der Waals surface area contributed by atoms with Crippen LogP contribution in [-0.4, -0.2) is 39.7 Å². The molecule has 0 bridgehead atoms. The molecule has 21 heavy (non-hydrogen) atoms. The van der Waals surface area contributed by atoms with Gasteiger partial charge in [0.25, 0.3) is 0 Å². The van der Waals surface area contributed by atoms with Crippen molar-refractivity contribution in [3.05, 3.63) is 30.1 Å². The number of hydrogen-bond donors (Lipinski definition) is 0. The summed E-state index contributed by atoms with van der Waals surface area (Å²) in [6.45, 7) is 3.64. The van der Waals surface area contributed by atoms with E-state index in [2.05, 4.69) is 22.4 Å². The summed E-state index contributed by atoms with van der Waals surface area (Å²) in [5, 5.41) is 11.7. The van der Waals surface area contributed by atoms with E-state index in [1.54, 1.807) is 18.9 Å². The van der Waals surface area contributed by atoms with E-state index in [-0.39, 0.29) is 0 Å². The molecule has 0 amide bonds. The number of nitrogens with zero attached hydrogens (tertiary/aromatic N) is 4. The van der Waals surface area contributed by atoms with Crippen molar-refractivity contribution >= 4 is 11.8 Å². The number of tetrazole rings is 1. The molecule has 0 atom stereocenters. The molecule has 0 fully saturated rings. The quantitative estimate of drug-likeness (QED) is 0.663. The lowest BCUT2D eigenvalue weighted by atomic mass is 10.3. The van der Waals surface area contributed by atoms with Crippen LogP contribution in [0.3, 0.4) is 0 Å². The van der Waals surface area contributed by atoms with Gasteiger partial charge in [0.1, 0.15) is 11.5 Å². The molecule has 6 nitrogen and oxygen atoms in total. The van der Waals surface area contributed by atoms with Crippen molar-refractivity contribution in [2.45, 2.75) is 25.6 Å². The van der Waals surface area contributed by atoms with Gasteiger partial charge in [0.05, 0.1) is 19.5 Å². The van der Waals surface area contributed by atoms with Gasteiger partial charge in [0, 0.05) is 12.3 Å². The summed E-state index contributed by atoms with van der Waals surface area (Å²) in [4.78, 5) is 0. The van der Waals surface area contributed by atoms with Crippen LogP contribution in [0.25, 0.3) is 0 Å². The molecule has 0 saturated carbocycles. The second kappa shape index (κ2) is 8.51. The van der Waals surface area contributed by atoms with Crippen LogP contribution in [0.15, 0.2) is 24.3 Å². The van der Waals surface area contributed by atoms with Crippen LogP contribution in [0.1, 0.15) is 19.2 Å². The molecule has 0 N–H and O–H groups in total. The first kappa shape index (κ1) is 15.6. The number of methoxy groups -OCH3 is 1. The van der Waals surface area contributed by atoms with Crippen LogP contribution in [0.2, 0.25) is 0 Å². The molecule has 0 radical (unpaired) electrons. The number of benzene rings is 1. The Hall–Kier alpha value is -1.76. The van der Waals surface area contributed by atoms with E-state index in [1.165, 1.54) is 0 Å². The number of ether oxygens (including phenoxy) is 2. The topological polar surface area (TPSA) is 62.1 Å². The fourth-order valence-corrected chi connectivity index (χ4v) is 2.50. The summed E-state index contributed by atoms with van der Waals surface area (Å²) in [7, 11) is 1.65. The number of rotatable bonds is 9. The predicted molar refractivity (Wildman–Crippen MR) is 82.8 cm³/mol. The molecule has 0 aliphatic carbocycles. The standard InChI is InChI=1S/C14H20N4O2S/c1-3-8-18-14(15-16-17-18)11-21-10-9-20-13-6-4-12(19-2)5-7-13/h4-7H,3,8-11H2,1-2H3. The molecule has 0 saturated heterocycles. The molecule has 114 valence electrons. The van der Waals surface area contributed by atoms with E-state index < -0.39 is 0 Å². The van der Waals surface area contributed by atoms with Crippen molar-refractivity contribution < 1.29 is 9.47 Å². The summed E-state index contributed by atoms with van der Waals surface area (Å²) >= 11 is 1.76. The van der Waals surface area contributed by atoms with Gasteiger partial charge in [-0.2, -0.15) is 11.8 Å². The second-order valence-electron chi connectivity index (χ2n) is 4.39. The average molecular weight is 308 g/mol. The van der Waals surface area contributed by atoms with Gasteiger partial charge in [-0.15, -0.1) is 5.10 Å². The summed E-state index contributed by atoms with van der Waals surface area (Å²) in [5.41, 5.74) is 0. The largest absolute Gasteiger partial charge is 0.497 e. The number of hydrogen-bond acceptors (Lipinski definition) is 6. The molecule has 0 aliphatic rings. The zero-order valence-corrected chi connectivity index (χ0v) is 13.2. The monoisotopic (exact) mass is 308 g/mol. The number of aromatic nitrogens is 4. The van der Waals surface area contributed by atoms with Gasteiger partial charge in [-0.3, -0.25) is 0 Å². The highest BCUT2D eigenvalue weighted by Gasteiger charge is 2.04. The first-order valence-electron chi connectivity index (χ1n) is 6.93. The smallest absolute Gasteiger partial charge is 0.161 e.